The van der Waals surface area contributed by atoms with E-state index >= 15 is 0 Å². The molecule has 0 radical (unpaired) electrons. The summed E-state index contributed by atoms with van der Waals surface area (Å²) in [5.74, 6) is -0.0246. The number of carbonyl (C=O) groups excluding carboxylic acids is 1. The summed E-state index contributed by atoms with van der Waals surface area (Å²) in [5.41, 5.74) is 8.65. The van der Waals surface area contributed by atoms with Crippen LogP contribution in [-0.4, -0.2) is 12.5 Å². The molecule has 1 rings (SSSR count). The molecule has 0 saturated heterocycles. The van der Waals surface area contributed by atoms with E-state index < -0.39 is 0 Å². The summed E-state index contributed by atoms with van der Waals surface area (Å²) in [5, 5.41) is 2.69. The zero-order chi connectivity index (χ0) is 11.3. The minimum absolute atomic E-state index is 0.0246. The van der Waals surface area contributed by atoms with Gasteiger partial charge in [0, 0.05) is 19.2 Å². The summed E-state index contributed by atoms with van der Waals surface area (Å²) >= 11 is 0. The molecule has 15 heavy (non-hydrogen) atoms. The summed E-state index contributed by atoms with van der Waals surface area (Å²) in [6.07, 6.45) is 3.84. The summed E-state index contributed by atoms with van der Waals surface area (Å²) in [6.45, 7) is 4.04. The molecular weight excluding hydrogens is 188 g/mol. The van der Waals surface area contributed by atoms with Crippen molar-refractivity contribution >= 4 is 17.7 Å². The van der Waals surface area contributed by atoms with Gasteiger partial charge in [-0.15, -0.1) is 0 Å². The number of nitrogens with two attached hydrogens (primary N) is 1. The summed E-state index contributed by atoms with van der Waals surface area (Å²) in [6, 6.07) is 5.86. The zero-order valence-electron chi connectivity index (χ0n) is 9.08. The highest BCUT2D eigenvalue weighted by Gasteiger charge is 1.92. The van der Waals surface area contributed by atoms with Gasteiger partial charge in [0.2, 0.25) is 5.91 Å². The van der Waals surface area contributed by atoms with Crippen LogP contribution in [0.25, 0.3) is 6.08 Å². The Labute approximate surface area is 90.0 Å². The average Bonchev–Trinajstić information content (AvgIpc) is 2.10. The van der Waals surface area contributed by atoms with Gasteiger partial charge in [0.25, 0.3) is 0 Å². The van der Waals surface area contributed by atoms with Crippen molar-refractivity contribution < 1.29 is 4.79 Å². The molecular formula is C12H16N2O. The smallest absolute Gasteiger partial charge is 0.217 e. The van der Waals surface area contributed by atoms with E-state index in [-0.39, 0.29) is 5.91 Å². The Balaban J connectivity index is 2.60. The molecule has 0 heterocycles. The quantitative estimate of drug-likeness (QED) is 0.737. The van der Waals surface area contributed by atoms with Crippen molar-refractivity contribution in [3.05, 3.63) is 35.4 Å². The van der Waals surface area contributed by atoms with Crippen molar-refractivity contribution in [3.63, 3.8) is 0 Å². The summed E-state index contributed by atoms with van der Waals surface area (Å²) in [4.78, 5) is 10.6. The van der Waals surface area contributed by atoms with E-state index in [9.17, 15) is 4.79 Å². The maximum atomic E-state index is 10.6. The monoisotopic (exact) mass is 204 g/mol. The zero-order valence-corrected chi connectivity index (χ0v) is 9.08. The number of rotatable bonds is 3. The molecule has 1 aromatic rings. The van der Waals surface area contributed by atoms with Crippen LogP contribution < -0.4 is 11.1 Å². The van der Waals surface area contributed by atoms with Gasteiger partial charge in [-0.3, -0.25) is 4.79 Å². The molecule has 0 saturated carbocycles. The van der Waals surface area contributed by atoms with E-state index in [1.165, 1.54) is 6.92 Å². The predicted molar refractivity (Wildman–Crippen MR) is 63.3 cm³/mol. The van der Waals surface area contributed by atoms with Gasteiger partial charge in [0.15, 0.2) is 0 Å². The summed E-state index contributed by atoms with van der Waals surface area (Å²) < 4.78 is 0. The van der Waals surface area contributed by atoms with E-state index in [0.29, 0.717) is 6.54 Å². The van der Waals surface area contributed by atoms with Crippen LogP contribution in [0.2, 0.25) is 0 Å². The standard InChI is InChI=1S/C12H16N2O/c1-9-6-11(8-12(13)7-9)4-3-5-14-10(2)15/h3-4,6-8H,5,13H2,1-2H3,(H,14,15). The van der Waals surface area contributed by atoms with E-state index in [1.807, 2.05) is 37.3 Å². The fourth-order valence-corrected chi connectivity index (χ4v) is 1.34. The molecule has 0 spiro atoms. The fraction of sp³-hybridized carbons (Fsp3) is 0.250. The Bertz CT molecular complexity index is 363. The Morgan fingerprint density at radius 2 is 2.20 bits per heavy atom. The molecule has 0 bridgehead atoms. The van der Waals surface area contributed by atoms with E-state index in [1.54, 1.807) is 0 Å². The first kappa shape index (κ1) is 11.3. The van der Waals surface area contributed by atoms with Crippen molar-refractivity contribution in [2.75, 3.05) is 12.3 Å². The molecule has 3 N–H and O–H groups in total. The molecule has 0 aliphatic carbocycles. The lowest BCUT2D eigenvalue weighted by atomic mass is 10.1. The molecule has 80 valence electrons. The van der Waals surface area contributed by atoms with Crippen LogP contribution in [0.4, 0.5) is 5.69 Å². The number of nitrogen functional groups attached to an aromatic ring is 1. The molecule has 0 unspecified atom stereocenters. The third-order valence-electron chi connectivity index (χ3n) is 1.90. The van der Waals surface area contributed by atoms with Crippen molar-refractivity contribution in [2.45, 2.75) is 13.8 Å². The minimum Gasteiger partial charge on any atom is -0.399 e. The molecule has 3 heteroatoms. The van der Waals surface area contributed by atoms with Gasteiger partial charge in [-0.05, 0) is 30.2 Å². The average molecular weight is 204 g/mol. The van der Waals surface area contributed by atoms with E-state index in [2.05, 4.69) is 5.32 Å². The number of amides is 1. The predicted octanol–water partition coefficient (Wildman–Crippen LogP) is 1.73. The second-order valence-electron chi connectivity index (χ2n) is 3.52. The third-order valence-corrected chi connectivity index (χ3v) is 1.90. The second-order valence-corrected chi connectivity index (χ2v) is 3.52. The van der Waals surface area contributed by atoms with E-state index in [0.717, 1.165) is 16.8 Å². The summed E-state index contributed by atoms with van der Waals surface area (Å²) in [7, 11) is 0. The lowest BCUT2D eigenvalue weighted by Crippen LogP contribution is -2.19. The topological polar surface area (TPSA) is 55.1 Å². The highest BCUT2D eigenvalue weighted by atomic mass is 16.1. The Kier molecular flexibility index (Phi) is 3.92. The van der Waals surface area contributed by atoms with Gasteiger partial charge in [0.1, 0.15) is 0 Å². The van der Waals surface area contributed by atoms with Gasteiger partial charge in [-0.1, -0.05) is 18.2 Å². The van der Waals surface area contributed by atoms with Crippen LogP contribution in [0.1, 0.15) is 18.1 Å². The van der Waals surface area contributed by atoms with Gasteiger partial charge in [0.05, 0.1) is 0 Å². The molecule has 1 aromatic carbocycles. The molecule has 0 aromatic heterocycles. The van der Waals surface area contributed by atoms with Gasteiger partial charge in [-0.25, -0.2) is 0 Å². The lowest BCUT2D eigenvalue weighted by Gasteiger charge is -2.00. The molecule has 3 nitrogen and oxygen atoms in total. The largest absolute Gasteiger partial charge is 0.399 e. The van der Waals surface area contributed by atoms with Gasteiger partial charge in [-0.2, -0.15) is 0 Å². The maximum Gasteiger partial charge on any atom is 0.217 e. The molecule has 1 amide bonds. The number of anilines is 1. The number of carbonyl (C=O) groups is 1. The van der Waals surface area contributed by atoms with E-state index in [4.69, 9.17) is 5.73 Å². The second kappa shape index (κ2) is 5.20. The number of benzene rings is 1. The van der Waals surface area contributed by atoms with Crippen molar-refractivity contribution in [1.82, 2.24) is 5.32 Å². The molecule has 0 fully saturated rings. The molecule has 0 atom stereocenters. The van der Waals surface area contributed by atoms with Gasteiger partial charge >= 0.3 is 0 Å². The fourth-order valence-electron chi connectivity index (χ4n) is 1.34. The lowest BCUT2D eigenvalue weighted by molar-refractivity contribution is -0.118. The number of hydrogen-bond acceptors (Lipinski definition) is 2. The maximum absolute atomic E-state index is 10.6. The Hall–Kier alpha value is -1.77. The molecule has 0 aliphatic heterocycles. The van der Waals surface area contributed by atoms with Crippen molar-refractivity contribution in [1.29, 1.82) is 0 Å². The van der Waals surface area contributed by atoms with Crippen LogP contribution in [0.15, 0.2) is 24.3 Å². The van der Waals surface area contributed by atoms with Crippen LogP contribution in [-0.2, 0) is 4.79 Å². The third kappa shape index (κ3) is 4.31. The minimum atomic E-state index is -0.0246. The Morgan fingerprint density at radius 3 is 2.80 bits per heavy atom. The SMILES string of the molecule is CC(=O)NCC=Cc1cc(C)cc(N)c1. The van der Waals surface area contributed by atoms with Crippen LogP contribution in [0, 0.1) is 6.92 Å². The van der Waals surface area contributed by atoms with Crippen LogP contribution in [0.3, 0.4) is 0 Å². The molecule has 0 aliphatic rings. The number of nitrogens with one attached hydrogen (secondary N) is 1. The first-order chi connectivity index (χ1) is 7.08. The first-order valence-electron chi connectivity index (χ1n) is 4.86. The van der Waals surface area contributed by atoms with Crippen molar-refractivity contribution in [2.24, 2.45) is 0 Å². The highest BCUT2D eigenvalue weighted by molar-refractivity contribution is 5.73. The number of hydrogen-bond donors (Lipinski definition) is 2. The van der Waals surface area contributed by atoms with Gasteiger partial charge < -0.3 is 11.1 Å². The van der Waals surface area contributed by atoms with Crippen molar-refractivity contribution in [3.8, 4) is 0 Å². The van der Waals surface area contributed by atoms with Crippen LogP contribution >= 0.6 is 0 Å². The highest BCUT2D eigenvalue weighted by Crippen LogP contribution is 2.12. The first-order valence-corrected chi connectivity index (χ1v) is 4.86. The Morgan fingerprint density at radius 1 is 1.47 bits per heavy atom. The van der Waals surface area contributed by atoms with Crippen LogP contribution in [0.5, 0.6) is 0 Å². The normalized spacial score (nSPS) is 10.5. The number of aryl methyl sites for hydroxylation is 1.